The van der Waals surface area contributed by atoms with Crippen LogP contribution in [0.15, 0.2) is 24.3 Å². The molecule has 4 heteroatoms. The summed E-state index contributed by atoms with van der Waals surface area (Å²) in [6.07, 6.45) is 6.73. The van der Waals surface area contributed by atoms with Crippen molar-refractivity contribution in [2.45, 2.75) is 58.8 Å². The van der Waals surface area contributed by atoms with Gasteiger partial charge in [0.15, 0.2) is 0 Å². The Hall–Kier alpha value is -1.84. The van der Waals surface area contributed by atoms with E-state index in [-0.39, 0.29) is 11.8 Å². The van der Waals surface area contributed by atoms with Crippen LogP contribution in [0.3, 0.4) is 0 Å². The number of aryl methyl sites for hydroxylation is 1. The third-order valence-electron chi connectivity index (χ3n) is 3.51. The van der Waals surface area contributed by atoms with E-state index in [0.717, 1.165) is 31.4 Å². The maximum atomic E-state index is 11.8. The second kappa shape index (κ2) is 10.8. The number of hydrogen-bond acceptors (Lipinski definition) is 2. The lowest BCUT2D eigenvalue weighted by molar-refractivity contribution is -0.119. The van der Waals surface area contributed by atoms with Crippen LogP contribution in [0, 0.1) is 0 Å². The van der Waals surface area contributed by atoms with Gasteiger partial charge in [-0.05, 0) is 43.4 Å². The van der Waals surface area contributed by atoms with E-state index in [9.17, 15) is 9.59 Å². The molecular formula is C18H28N2O2. The highest BCUT2D eigenvalue weighted by molar-refractivity contribution is 5.90. The van der Waals surface area contributed by atoms with E-state index < -0.39 is 0 Å². The Balaban J connectivity index is 2.17. The molecule has 0 spiro atoms. The van der Waals surface area contributed by atoms with Crippen molar-refractivity contribution in [1.29, 1.82) is 0 Å². The van der Waals surface area contributed by atoms with Crippen molar-refractivity contribution in [2.24, 2.45) is 0 Å². The zero-order valence-corrected chi connectivity index (χ0v) is 13.8. The summed E-state index contributed by atoms with van der Waals surface area (Å²) in [6.45, 7) is 4.39. The zero-order chi connectivity index (χ0) is 16.2. The highest BCUT2D eigenvalue weighted by Crippen LogP contribution is 2.12. The SMILES string of the molecule is CCCCc1ccc(NC(=O)CCCCCNC(C)=O)cc1. The molecule has 0 atom stereocenters. The van der Waals surface area contributed by atoms with Crippen molar-refractivity contribution in [1.82, 2.24) is 5.32 Å². The standard InChI is InChI=1S/C18H28N2O2/c1-3-4-8-16-10-12-17(13-11-16)20-18(22)9-6-5-7-14-19-15(2)21/h10-13H,3-9,14H2,1-2H3,(H,19,21)(H,20,22). The summed E-state index contributed by atoms with van der Waals surface area (Å²) in [5, 5.41) is 5.68. The molecule has 4 nitrogen and oxygen atoms in total. The van der Waals surface area contributed by atoms with Crippen molar-refractivity contribution >= 4 is 17.5 Å². The molecule has 0 aromatic heterocycles. The summed E-state index contributed by atoms with van der Waals surface area (Å²) in [5.41, 5.74) is 2.18. The van der Waals surface area contributed by atoms with Crippen LogP contribution >= 0.6 is 0 Å². The smallest absolute Gasteiger partial charge is 0.224 e. The monoisotopic (exact) mass is 304 g/mol. The number of rotatable bonds is 10. The molecule has 1 aromatic carbocycles. The lowest BCUT2D eigenvalue weighted by Crippen LogP contribution is -2.20. The third-order valence-corrected chi connectivity index (χ3v) is 3.51. The first-order valence-corrected chi connectivity index (χ1v) is 8.25. The van der Waals surface area contributed by atoms with E-state index in [1.54, 1.807) is 0 Å². The van der Waals surface area contributed by atoms with Crippen molar-refractivity contribution < 1.29 is 9.59 Å². The van der Waals surface area contributed by atoms with Crippen LogP contribution in [0.2, 0.25) is 0 Å². The molecule has 0 saturated carbocycles. The molecule has 2 amide bonds. The number of benzene rings is 1. The molecule has 1 aromatic rings. The van der Waals surface area contributed by atoms with Crippen LogP contribution in [0.25, 0.3) is 0 Å². The zero-order valence-electron chi connectivity index (χ0n) is 13.8. The Morgan fingerprint density at radius 3 is 2.36 bits per heavy atom. The van der Waals surface area contributed by atoms with E-state index in [1.807, 2.05) is 12.1 Å². The number of unbranched alkanes of at least 4 members (excludes halogenated alkanes) is 3. The first-order chi connectivity index (χ1) is 10.6. The van der Waals surface area contributed by atoms with E-state index in [1.165, 1.54) is 25.3 Å². The van der Waals surface area contributed by atoms with Crippen molar-refractivity contribution in [2.75, 3.05) is 11.9 Å². The van der Waals surface area contributed by atoms with E-state index in [0.29, 0.717) is 13.0 Å². The Bertz CT molecular complexity index is 455. The fraction of sp³-hybridized carbons (Fsp3) is 0.556. The molecule has 122 valence electrons. The summed E-state index contributed by atoms with van der Waals surface area (Å²) >= 11 is 0. The van der Waals surface area contributed by atoms with Gasteiger partial charge in [0, 0.05) is 25.6 Å². The van der Waals surface area contributed by atoms with Crippen molar-refractivity contribution in [3.63, 3.8) is 0 Å². The summed E-state index contributed by atoms with van der Waals surface area (Å²) in [7, 11) is 0. The van der Waals surface area contributed by atoms with Gasteiger partial charge in [-0.25, -0.2) is 0 Å². The summed E-state index contributed by atoms with van der Waals surface area (Å²) < 4.78 is 0. The first-order valence-electron chi connectivity index (χ1n) is 8.25. The first kappa shape index (κ1) is 18.2. The Morgan fingerprint density at radius 2 is 1.73 bits per heavy atom. The van der Waals surface area contributed by atoms with Crippen LogP contribution in [0.1, 0.15) is 57.9 Å². The lowest BCUT2D eigenvalue weighted by Gasteiger charge is -2.07. The predicted molar refractivity (Wildman–Crippen MR) is 90.8 cm³/mol. The highest BCUT2D eigenvalue weighted by Gasteiger charge is 2.02. The molecular weight excluding hydrogens is 276 g/mol. The molecule has 0 aliphatic rings. The Kier molecular flexibility index (Phi) is 8.96. The minimum absolute atomic E-state index is 0.000117. The highest BCUT2D eigenvalue weighted by atomic mass is 16.2. The fourth-order valence-electron chi connectivity index (χ4n) is 2.21. The molecule has 22 heavy (non-hydrogen) atoms. The van der Waals surface area contributed by atoms with Gasteiger partial charge < -0.3 is 10.6 Å². The van der Waals surface area contributed by atoms with E-state index >= 15 is 0 Å². The van der Waals surface area contributed by atoms with Gasteiger partial charge in [0.2, 0.25) is 11.8 Å². The Morgan fingerprint density at radius 1 is 1.00 bits per heavy atom. The van der Waals surface area contributed by atoms with Gasteiger partial charge in [0.25, 0.3) is 0 Å². The molecule has 0 aliphatic carbocycles. The second-order valence-corrected chi connectivity index (χ2v) is 5.64. The van der Waals surface area contributed by atoms with Gasteiger partial charge in [0.1, 0.15) is 0 Å². The summed E-state index contributed by atoms with van der Waals surface area (Å²) in [5.74, 6) is 0.0564. The van der Waals surface area contributed by atoms with Gasteiger partial charge in [-0.1, -0.05) is 31.9 Å². The van der Waals surface area contributed by atoms with Gasteiger partial charge in [-0.15, -0.1) is 0 Å². The number of nitrogens with one attached hydrogen (secondary N) is 2. The molecule has 0 bridgehead atoms. The molecule has 2 N–H and O–H groups in total. The summed E-state index contributed by atoms with van der Waals surface area (Å²) in [4.78, 5) is 22.5. The number of anilines is 1. The van der Waals surface area contributed by atoms with Gasteiger partial charge in [-0.2, -0.15) is 0 Å². The predicted octanol–water partition coefficient (Wildman–Crippen LogP) is 3.66. The van der Waals surface area contributed by atoms with Gasteiger partial charge in [0.05, 0.1) is 0 Å². The molecule has 0 saturated heterocycles. The van der Waals surface area contributed by atoms with Crippen LogP contribution in [-0.4, -0.2) is 18.4 Å². The Labute approximate surface area is 133 Å². The van der Waals surface area contributed by atoms with Crippen LogP contribution in [0.5, 0.6) is 0 Å². The van der Waals surface area contributed by atoms with E-state index in [2.05, 4.69) is 29.7 Å². The van der Waals surface area contributed by atoms with Crippen molar-refractivity contribution in [3.05, 3.63) is 29.8 Å². The van der Waals surface area contributed by atoms with Crippen LogP contribution in [0.4, 0.5) is 5.69 Å². The normalized spacial score (nSPS) is 10.3. The fourth-order valence-corrected chi connectivity index (χ4v) is 2.21. The minimum atomic E-state index is 0.000117. The van der Waals surface area contributed by atoms with Crippen LogP contribution in [-0.2, 0) is 16.0 Å². The maximum absolute atomic E-state index is 11.8. The summed E-state index contributed by atoms with van der Waals surface area (Å²) in [6, 6.07) is 8.11. The molecule has 1 rings (SSSR count). The van der Waals surface area contributed by atoms with Crippen molar-refractivity contribution in [3.8, 4) is 0 Å². The lowest BCUT2D eigenvalue weighted by atomic mass is 10.1. The quantitative estimate of drug-likeness (QED) is 0.648. The topological polar surface area (TPSA) is 58.2 Å². The number of carbonyl (C=O) groups is 2. The third kappa shape index (κ3) is 8.45. The largest absolute Gasteiger partial charge is 0.356 e. The van der Waals surface area contributed by atoms with E-state index in [4.69, 9.17) is 0 Å². The number of carbonyl (C=O) groups excluding carboxylic acids is 2. The molecule has 0 unspecified atom stereocenters. The average Bonchev–Trinajstić information content (AvgIpc) is 2.50. The second-order valence-electron chi connectivity index (χ2n) is 5.64. The molecule has 0 fully saturated rings. The maximum Gasteiger partial charge on any atom is 0.224 e. The molecule has 0 heterocycles. The minimum Gasteiger partial charge on any atom is -0.356 e. The number of hydrogen-bond donors (Lipinski definition) is 2. The van der Waals surface area contributed by atoms with Gasteiger partial charge >= 0.3 is 0 Å². The van der Waals surface area contributed by atoms with Crippen LogP contribution < -0.4 is 10.6 Å². The molecule has 0 aliphatic heterocycles. The molecule has 0 radical (unpaired) electrons. The average molecular weight is 304 g/mol. The number of amides is 2. The van der Waals surface area contributed by atoms with Gasteiger partial charge in [-0.3, -0.25) is 9.59 Å².